The van der Waals surface area contributed by atoms with Gasteiger partial charge in [0.05, 0.1) is 17.7 Å². The van der Waals surface area contributed by atoms with E-state index in [9.17, 15) is 14.3 Å². The number of halogens is 1. The highest BCUT2D eigenvalue weighted by atomic mass is 19.1. The third kappa shape index (κ3) is 3.13. The standard InChI is InChI=1S/C15H20FNO2/c1-11-6-8-15(10-18,9-7-11)17-14(19)12-4-2-3-5-13(12)16/h2-5,11,18H,6-10H2,1H3,(H,17,19). The third-order valence-corrected chi connectivity index (χ3v) is 4.03. The van der Waals surface area contributed by atoms with Crippen molar-refractivity contribution in [3.05, 3.63) is 35.6 Å². The topological polar surface area (TPSA) is 49.3 Å². The molecule has 0 aromatic heterocycles. The summed E-state index contributed by atoms with van der Waals surface area (Å²) in [4.78, 5) is 12.1. The smallest absolute Gasteiger partial charge is 0.254 e. The summed E-state index contributed by atoms with van der Waals surface area (Å²) in [5.74, 6) is -0.357. The number of aliphatic hydroxyl groups is 1. The van der Waals surface area contributed by atoms with E-state index in [1.54, 1.807) is 12.1 Å². The zero-order chi connectivity index (χ0) is 13.9. The molecule has 1 aliphatic carbocycles. The molecule has 2 N–H and O–H groups in total. The van der Waals surface area contributed by atoms with E-state index in [-0.39, 0.29) is 12.2 Å². The second-order valence-electron chi connectivity index (χ2n) is 5.55. The number of carbonyl (C=O) groups is 1. The van der Waals surface area contributed by atoms with Crippen molar-refractivity contribution >= 4 is 5.91 Å². The highest BCUT2D eigenvalue weighted by Crippen LogP contribution is 2.31. The predicted octanol–water partition coefficient (Wildman–Crippen LogP) is 2.50. The molecule has 2 rings (SSSR count). The van der Waals surface area contributed by atoms with Crippen LogP contribution in [-0.4, -0.2) is 23.2 Å². The molecule has 0 saturated heterocycles. The van der Waals surface area contributed by atoms with Crippen LogP contribution in [0.4, 0.5) is 4.39 Å². The summed E-state index contributed by atoms with van der Waals surface area (Å²) in [6, 6.07) is 5.91. The zero-order valence-corrected chi connectivity index (χ0v) is 11.2. The summed E-state index contributed by atoms with van der Waals surface area (Å²) >= 11 is 0. The van der Waals surface area contributed by atoms with Crippen LogP contribution >= 0.6 is 0 Å². The summed E-state index contributed by atoms with van der Waals surface area (Å²) in [5, 5.41) is 12.4. The van der Waals surface area contributed by atoms with Crippen molar-refractivity contribution in [1.29, 1.82) is 0 Å². The van der Waals surface area contributed by atoms with E-state index in [4.69, 9.17) is 0 Å². The van der Waals surface area contributed by atoms with Gasteiger partial charge in [0.1, 0.15) is 5.82 Å². The Morgan fingerprint density at radius 2 is 2.05 bits per heavy atom. The van der Waals surface area contributed by atoms with E-state index in [0.717, 1.165) is 25.7 Å². The van der Waals surface area contributed by atoms with Crippen LogP contribution in [0.25, 0.3) is 0 Å². The Morgan fingerprint density at radius 3 is 2.63 bits per heavy atom. The first-order chi connectivity index (χ1) is 9.06. The minimum atomic E-state index is -0.591. The number of rotatable bonds is 3. The van der Waals surface area contributed by atoms with Gasteiger partial charge in [-0.15, -0.1) is 0 Å². The van der Waals surface area contributed by atoms with E-state index in [0.29, 0.717) is 5.92 Å². The van der Waals surface area contributed by atoms with Crippen LogP contribution in [0.1, 0.15) is 43.0 Å². The average molecular weight is 265 g/mol. The first-order valence-corrected chi connectivity index (χ1v) is 6.74. The van der Waals surface area contributed by atoms with Crippen molar-refractivity contribution in [3.63, 3.8) is 0 Å². The predicted molar refractivity (Wildman–Crippen MR) is 71.3 cm³/mol. The fraction of sp³-hybridized carbons (Fsp3) is 0.533. The maximum Gasteiger partial charge on any atom is 0.254 e. The minimum Gasteiger partial charge on any atom is -0.394 e. The van der Waals surface area contributed by atoms with Crippen molar-refractivity contribution in [1.82, 2.24) is 5.32 Å². The number of hydrogen-bond donors (Lipinski definition) is 2. The van der Waals surface area contributed by atoms with E-state index in [2.05, 4.69) is 12.2 Å². The summed E-state index contributed by atoms with van der Waals surface area (Å²) in [7, 11) is 0. The Bertz CT molecular complexity index is 453. The largest absolute Gasteiger partial charge is 0.394 e. The van der Waals surface area contributed by atoms with Gasteiger partial charge in [-0.2, -0.15) is 0 Å². The normalized spacial score (nSPS) is 27.0. The Labute approximate surface area is 112 Å². The highest BCUT2D eigenvalue weighted by Gasteiger charge is 2.35. The molecule has 1 saturated carbocycles. The molecule has 0 heterocycles. The number of nitrogens with one attached hydrogen (secondary N) is 1. The maximum absolute atomic E-state index is 13.6. The fourth-order valence-corrected chi connectivity index (χ4v) is 2.59. The first kappa shape index (κ1) is 14.0. The lowest BCUT2D eigenvalue weighted by atomic mass is 9.77. The zero-order valence-electron chi connectivity index (χ0n) is 11.2. The van der Waals surface area contributed by atoms with Crippen LogP contribution in [0.3, 0.4) is 0 Å². The van der Waals surface area contributed by atoms with Gasteiger partial charge in [-0.1, -0.05) is 19.1 Å². The van der Waals surface area contributed by atoms with E-state index in [1.807, 2.05) is 0 Å². The number of hydrogen-bond acceptors (Lipinski definition) is 2. The number of amides is 1. The van der Waals surface area contributed by atoms with Crippen LogP contribution in [0.2, 0.25) is 0 Å². The minimum absolute atomic E-state index is 0.0361. The van der Waals surface area contributed by atoms with Gasteiger partial charge < -0.3 is 10.4 Å². The molecule has 1 aromatic carbocycles. The van der Waals surface area contributed by atoms with Crippen molar-refractivity contribution in [3.8, 4) is 0 Å². The van der Waals surface area contributed by atoms with Crippen LogP contribution in [0, 0.1) is 11.7 Å². The fourth-order valence-electron chi connectivity index (χ4n) is 2.59. The van der Waals surface area contributed by atoms with Crippen LogP contribution in [-0.2, 0) is 0 Å². The molecule has 1 fully saturated rings. The Balaban J connectivity index is 2.11. The molecule has 0 bridgehead atoms. The highest BCUT2D eigenvalue weighted by molar-refractivity contribution is 5.94. The van der Waals surface area contributed by atoms with Crippen molar-refractivity contribution in [2.45, 2.75) is 38.1 Å². The van der Waals surface area contributed by atoms with Gasteiger partial charge in [0, 0.05) is 0 Å². The molecule has 1 aliphatic rings. The average Bonchev–Trinajstić information content (AvgIpc) is 2.42. The molecule has 0 unspecified atom stereocenters. The third-order valence-electron chi connectivity index (χ3n) is 4.03. The van der Waals surface area contributed by atoms with E-state index < -0.39 is 17.3 Å². The Morgan fingerprint density at radius 1 is 1.42 bits per heavy atom. The molecule has 3 nitrogen and oxygen atoms in total. The summed E-state index contributed by atoms with van der Waals surface area (Å²) in [6.45, 7) is 2.07. The SMILES string of the molecule is CC1CCC(CO)(NC(=O)c2ccccc2F)CC1. The first-order valence-electron chi connectivity index (χ1n) is 6.74. The second-order valence-corrected chi connectivity index (χ2v) is 5.55. The van der Waals surface area contributed by atoms with Gasteiger partial charge in [-0.05, 0) is 43.7 Å². The Hall–Kier alpha value is -1.42. The monoisotopic (exact) mass is 265 g/mol. The van der Waals surface area contributed by atoms with Gasteiger partial charge in [0.15, 0.2) is 0 Å². The molecule has 19 heavy (non-hydrogen) atoms. The summed E-state index contributed by atoms with van der Waals surface area (Å²) in [5.41, 5.74) is -0.555. The van der Waals surface area contributed by atoms with Gasteiger partial charge >= 0.3 is 0 Å². The molecular formula is C15H20FNO2. The van der Waals surface area contributed by atoms with Crippen LogP contribution in [0.5, 0.6) is 0 Å². The summed E-state index contributed by atoms with van der Waals surface area (Å²) < 4.78 is 13.6. The molecule has 104 valence electrons. The molecule has 4 heteroatoms. The number of aliphatic hydroxyl groups excluding tert-OH is 1. The molecule has 0 atom stereocenters. The molecule has 0 spiro atoms. The molecule has 1 amide bonds. The quantitative estimate of drug-likeness (QED) is 0.882. The van der Waals surface area contributed by atoms with E-state index in [1.165, 1.54) is 12.1 Å². The van der Waals surface area contributed by atoms with Crippen LogP contribution < -0.4 is 5.32 Å². The van der Waals surface area contributed by atoms with Crippen molar-refractivity contribution < 1.29 is 14.3 Å². The van der Waals surface area contributed by atoms with Crippen molar-refractivity contribution in [2.75, 3.05) is 6.61 Å². The second kappa shape index (κ2) is 5.70. The lowest BCUT2D eigenvalue weighted by Gasteiger charge is -2.38. The van der Waals surface area contributed by atoms with Crippen LogP contribution in [0.15, 0.2) is 24.3 Å². The summed E-state index contributed by atoms with van der Waals surface area (Å²) in [6.07, 6.45) is 3.42. The molecule has 1 aromatic rings. The van der Waals surface area contributed by atoms with Gasteiger partial charge in [-0.25, -0.2) is 4.39 Å². The lowest BCUT2D eigenvalue weighted by molar-refractivity contribution is 0.0713. The van der Waals surface area contributed by atoms with Gasteiger partial charge in [-0.3, -0.25) is 4.79 Å². The molecule has 0 radical (unpaired) electrons. The lowest BCUT2D eigenvalue weighted by Crippen LogP contribution is -2.53. The van der Waals surface area contributed by atoms with Gasteiger partial charge in [0.2, 0.25) is 0 Å². The molecule has 0 aliphatic heterocycles. The van der Waals surface area contributed by atoms with E-state index >= 15 is 0 Å². The Kier molecular flexibility index (Phi) is 4.20. The molecular weight excluding hydrogens is 245 g/mol. The van der Waals surface area contributed by atoms with Crippen molar-refractivity contribution in [2.24, 2.45) is 5.92 Å². The number of carbonyl (C=O) groups excluding carboxylic acids is 1. The maximum atomic E-state index is 13.6. The number of benzene rings is 1. The van der Waals surface area contributed by atoms with Gasteiger partial charge in [0.25, 0.3) is 5.91 Å².